The Hall–Kier alpha value is -0.900. The maximum absolute atomic E-state index is 12.1. The number of benzene rings is 1. The molecule has 0 aliphatic carbocycles. The highest BCUT2D eigenvalue weighted by Gasteiger charge is 2.29. The molecule has 0 saturated carbocycles. The fourth-order valence-corrected chi connectivity index (χ4v) is 1.73. The van der Waals surface area contributed by atoms with Crippen LogP contribution in [0.4, 0.5) is 13.2 Å². The fourth-order valence-electron chi connectivity index (χ4n) is 1.05. The predicted molar refractivity (Wildman–Crippen MR) is 52.3 cm³/mol. The first-order valence-electron chi connectivity index (χ1n) is 3.97. The van der Waals surface area contributed by atoms with Crippen LogP contribution in [0.15, 0.2) is 41.8 Å². The number of thioether (sulfide) groups is 1. The van der Waals surface area contributed by atoms with Gasteiger partial charge in [-0.05, 0) is 29.8 Å². The molecule has 0 atom stereocenters. The van der Waals surface area contributed by atoms with E-state index in [0.29, 0.717) is 12.0 Å². The summed E-state index contributed by atoms with van der Waals surface area (Å²) in [5.41, 5.74) is -3.57. The van der Waals surface area contributed by atoms with Gasteiger partial charge in [-0.1, -0.05) is 24.3 Å². The summed E-state index contributed by atoms with van der Waals surface area (Å²) in [6.07, 6.45) is 2.05. The summed E-state index contributed by atoms with van der Waals surface area (Å²) in [7, 11) is 0. The number of halogens is 3. The molecule has 0 bridgehead atoms. The standard InChI is InChI=1S/C10H9F3S/c1-2-5-8-6-3-4-7-9(8)14-10(11,12)13/h2-4,6-7H,1,5H2. The molecule has 0 unspecified atom stereocenters. The summed E-state index contributed by atoms with van der Waals surface area (Å²) in [6, 6.07) is 6.46. The summed E-state index contributed by atoms with van der Waals surface area (Å²) in [5, 5.41) is 0. The average molecular weight is 218 g/mol. The van der Waals surface area contributed by atoms with E-state index in [9.17, 15) is 13.2 Å². The quantitative estimate of drug-likeness (QED) is 0.545. The molecular weight excluding hydrogens is 209 g/mol. The maximum Gasteiger partial charge on any atom is 0.446 e. The van der Waals surface area contributed by atoms with Gasteiger partial charge in [0.2, 0.25) is 0 Å². The van der Waals surface area contributed by atoms with Gasteiger partial charge in [-0.3, -0.25) is 0 Å². The molecule has 4 heteroatoms. The highest BCUT2D eigenvalue weighted by Crippen LogP contribution is 2.38. The lowest BCUT2D eigenvalue weighted by Gasteiger charge is -2.09. The molecular formula is C10H9F3S. The van der Waals surface area contributed by atoms with Crippen molar-refractivity contribution >= 4 is 11.8 Å². The van der Waals surface area contributed by atoms with E-state index >= 15 is 0 Å². The molecule has 0 saturated heterocycles. The van der Waals surface area contributed by atoms with E-state index in [4.69, 9.17) is 0 Å². The second-order valence-corrected chi connectivity index (χ2v) is 3.76. The molecule has 0 aliphatic rings. The monoisotopic (exact) mass is 218 g/mol. The van der Waals surface area contributed by atoms with Gasteiger partial charge in [-0.25, -0.2) is 0 Å². The van der Waals surface area contributed by atoms with Crippen LogP contribution in [0.3, 0.4) is 0 Å². The second-order valence-electron chi connectivity index (χ2n) is 2.65. The minimum absolute atomic E-state index is 0.0805. The van der Waals surface area contributed by atoms with E-state index in [2.05, 4.69) is 6.58 Å². The highest BCUT2D eigenvalue weighted by atomic mass is 32.2. The van der Waals surface area contributed by atoms with Gasteiger partial charge in [0.1, 0.15) is 0 Å². The first kappa shape index (κ1) is 11.2. The predicted octanol–water partition coefficient (Wildman–Crippen LogP) is 4.03. The molecule has 0 nitrogen and oxygen atoms in total. The van der Waals surface area contributed by atoms with Gasteiger partial charge < -0.3 is 0 Å². The van der Waals surface area contributed by atoms with Crippen LogP contribution < -0.4 is 0 Å². The third kappa shape index (κ3) is 3.46. The fraction of sp³-hybridized carbons (Fsp3) is 0.200. The van der Waals surface area contributed by atoms with Crippen molar-refractivity contribution in [2.45, 2.75) is 16.8 Å². The lowest BCUT2D eigenvalue weighted by molar-refractivity contribution is -0.0328. The van der Waals surface area contributed by atoms with E-state index in [-0.39, 0.29) is 16.7 Å². The summed E-state index contributed by atoms with van der Waals surface area (Å²) in [6.45, 7) is 3.50. The van der Waals surface area contributed by atoms with Crippen molar-refractivity contribution in [3.63, 3.8) is 0 Å². The lowest BCUT2D eigenvalue weighted by Crippen LogP contribution is -2.00. The van der Waals surface area contributed by atoms with Gasteiger partial charge in [-0.15, -0.1) is 6.58 Å². The van der Waals surface area contributed by atoms with Crippen LogP contribution in [0, 0.1) is 0 Å². The first-order chi connectivity index (χ1) is 6.53. The van der Waals surface area contributed by atoms with Crippen LogP contribution in [0.1, 0.15) is 5.56 Å². The Morgan fingerprint density at radius 2 is 1.93 bits per heavy atom. The van der Waals surface area contributed by atoms with Gasteiger partial charge in [-0.2, -0.15) is 13.2 Å². The van der Waals surface area contributed by atoms with E-state index in [1.54, 1.807) is 24.3 Å². The van der Waals surface area contributed by atoms with Gasteiger partial charge >= 0.3 is 5.51 Å². The minimum atomic E-state index is -4.22. The van der Waals surface area contributed by atoms with E-state index in [1.807, 2.05) is 0 Å². The van der Waals surface area contributed by atoms with E-state index in [0.717, 1.165) is 0 Å². The van der Waals surface area contributed by atoms with Crippen LogP contribution in [-0.2, 0) is 6.42 Å². The van der Waals surface area contributed by atoms with E-state index in [1.165, 1.54) is 6.07 Å². The van der Waals surface area contributed by atoms with Crippen LogP contribution >= 0.6 is 11.8 Å². The lowest BCUT2D eigenvalue weighted by atomic mass is 10.1. The molecule has 14 heavy (non-hydrogen) atoms. The van der Waals surface area contributed by atoms with Crippen molar-refractivity contribution in [2.24, 2.45) is 0 Å². The molecule has 1 rings (SSSR count). The molecule has 0 amide bonds. The zero-order valence-electron chi connectivity index (χ0n) is 7.34. The summed E-state index contributed by atoms with van der Waals surface area (Å²) >= 11 is -0.0805. The minimum Gasteiger partial charge on any atom is -0.160 e. The van der Waals surface area contributed by atoms with Crippen LogP contribution in [0.5, 0.6) is 0 Å². The summed E-state index contributed by atoms with van der Waals surface area (Å²) in [4.78, 5) is 0.250. The molecule has 1 aromatic rings. The average Bonchev–Trinajstić information content (AvgIpc) is 2.06. The van der Waals surface area contributed by atoms with Gasteiger partial charge in [0, 0.05) is 4.90 Å². The third-order valence-electron chi connectivity index (χ3n) is 1.56. The zero-order valence-corrected chi connectivity index (χ0v) is 8.16. The second kappa shape index (κ2) is 4.55. The van der Waals surface area contributed by atoms with Crippen molar-refractivity contribution in [1.29, 1.82) is 0 Å². The van der Waals surface area contributed by atoms with Gasteiger partial charge in [0.05, 0.1) is 0 Å². The van der Waals surface area contributed by atoms with Crippen molar-refractivity contribution in [1.82, 2.24) is 0 Å². The Bertz CT molecular complexity index is 317. The van der Waals surface area contributed by atoms with E-state index < -0.39 is 5.51 Å². The first-order valence-corrected chi connectivity index (χ1v) is 4.79. The number of alkyl halides is 3. The normalized spacial score (nSPS) is 11.4. The molecule has 76 valence electrons. The maximum atomic E-state index is 12.1. The Morgan fingerprint density at radius 3 is 2.50 bits per heavy atom. The zero-order chi connectivity index (χ0) is 10.6. The molecule has 0 aromatic heterocycles. The van der Waals surface area contributed by atoms with Crippen molar-refractivity contribution in [2.75, 3.05) is 0 Å². The van der Waals surface area contributed by atoms with Gasteiger partial charge in [0.15, 0.2) is 0 Å². The van der Waals surface area contributed by atoms with Crippen LogP contribution in [0.2, 0.25) is 0 Å². The molecule has 0 heterocycles. The Balaban J connectivity index is 2.89. The number of allylic oxidation sites excluding steroid dienone is 1. The van der Waals surface area contributed by atoms with Crippen LogP contribution in [-0.4, -0.2) is 5.51 Å². The van der Waals surface area contributed by atoms with Gasteiger partial charge in [0.25, 0.3) is 0 Å². The summed E-state index contributed by atoms with van der Waals surface area (Å²) in [5.74, 6) is 0. The van der Waals surface area contributed by atoms with Crippen molar-refractivity contribution in [3.05, 3.63) is 42.5 Å². The Labute approximate surface area is 84.8 Å². The molecule has 0 fully saturated rings. The number of hydrogen-bond acceptors (Lipinski definition) is 1. The Morgan fingerprint density at radius 1 is 1.29 bits per heavy atom. The highest BCUT2D eigenvalue weighted by molar-refractivity contribution is 8.00. The Kier molecular flexibility index (Phi) is 3.63. The third-order valence-corrected chi connectivity index (χ3v) is 2.41. The number of rotatable bonds is 3. The van der Waals surface area contributed by atoms with Crippen molar-refractivity contribution < 1.29 is 13.2 Å². The van der Waals surface area contributed by atoms with Crippen LogP contribution in [0.25, 0.3) is 0 Å². The SMILES string of the molecule is C=CCc1ccccc1SC(F)(F)F. The van der Waals surface area contributed by atoms with Crippen molar-refractivity contribution in [3.8, 4) is 0 Å². The largest absolute Gasteiger partial charge is 0.446 e. The number of hydrogen-bond donors (Lipinski definition) is 0. The molecule has 0 aliphatic heterocycles. The molecule has 0 spiro atoms. The topological polar surface area (TPSA) is 0 Å². The molecule has 1 aromatic carbocycles. The molecule has 0 radical (unpaired) electrons. The molecule has 0 N–H and O–H groups in total. The summed E-state index contributed by atoms with van der Waals surface area (Å²) < 4.78 is 36.3. The smallest absolute Gasteiger partial charge is 0.160 e.